The number of benzene rings is 1. The molecule has 2 atom stereocenters. The van der Waals surface area contributed by atoms with E-state index in [9.17, 15) is 0 Å². The third-order valence-electron chi connectivity index (χ3n) is 4.15. The van der Waals surface area contributed by atoms with E-state index in [1.807, 2.05) is 12.1 Å². The number of nitrogens with zero attached hydrogens (tertiary/aromatic N) is 1. The highest BCUT2D eigenvalue weighted by Gasteiger charge is 2.28. The van der Waals surface area contributed by atoms with Crippen LogP contribution in [0, 0.1) is 0 Å². The van der Waals surface area contributed by atoms with Crippen LogP contribution in [0.1, 0.15) is 38.3 Å². The average molecular weight is 262 g/mol. The molecule has 19 heavy (non-hydrogen) atoms. The standard InChI is InChI=1S/C16H26N2O/c1-12(18(3)15-7-8-15)11-17-13(2)14-5-9-16(19-4)10-6-14/h5-6,9-10,12-13,15,17H,7-8,11H2,1-4H3. The van der Waals surface area contributed by atoms with E-state index >= 15 is 0 Å². The van der Waals surface area contributed by atoms with Gasteiger partial charge in [0, 0.05) is 24.7 Å². The van der Waals surface area contributed by atoms with E-state index in [0.29, 0.717) is 12.1 Å². The molecular formula is C16H26N2O. The average Bonchev–Trinajstić information content (AvgIpc) is 3.28. The van der Waals surface area contributed by atoms with Crippen LogP contribution in [0.4, 0.5) is 0 Å². The Morgan fingerprint density at radius 2 is 1.89 bits per heavy atom. The van der Waals surface area contributed by atoms with E-state index in [2.05, 4.69) is 43.2 Å². The van der Waals surface area contributed by atoms with Crippen LogP contribution in [-0.2, 0) is 0 Å². The molecule has 0 radical (unpaired) electrons. The Bertz CT molecular complexity index is 386. The van der Waals surface area contributed by atoms with Crippen LogP contribution < -0.4 is 10.1 Å². The number of methoxy groups -OCH3 is 1. The Kier molecular flexibility index (Phi) is 4.83. The van der Waals surface area contributed by atoms with Gasteiger partial charge in [0.15, 0.2) is 0 Å². The van der Waals surface area contributed by atoms with Crippen LogP contribution in [0.25, 0.3) is 0 Å². The molecule has 2 rings (SSSR count). The summed E-state index contributed by atoms with van der Waals surface area (Å²) < 4.78 is 5.18. The molecule has 0 aliphatic heterocycles. The van der Waals surface area contributed by atoms with Gasteiger partial charge in [0.1, 0.15) is 5.75 Å². The van der Waals surface area contributed by atoms with Gasteiger partial charge in [-0.1, -0.05) is 12.1 Å². The summed E-state index contributed by atoms with van der Waals surface area (Å²) in [4.78, 5) is 2.49. The van der Waals surface area contributed by atoms with Crippen molar-refractivity contribution in [2.45, 2.75) is 44.8 Å². The highest BCUT2D eigenvalue weighted by molar-refractivity contribution is 5.28. The summed E-state index contributed by atoms with van der Waals surface area (Å²) in [5.41, 5.74) is 1.31. The van der Waals surface area contributed by atoms with E-state index in [-0.39, 0.29) is 0 Å². The zero-order valence-corrected chi connectivity index (χ0v) is 12.5. The number of hydrogen-bond donors (Lipinski definition) is 1. The first-order valence-corrected chi connectivity index (χ1v) is 7.21. The van der Waals surface area contributed by atoms with Crippen LogP contribution in [0.15, 0.2) is 24.3 Å². The normalized spacial score (nSPS) is 18.4. The van der Waals surface area contributed by atoms with Crippen molar-refractivity contribution < 1.29 is 4.74 Å². The molecule has 1 aromatic rings. The van der Waals surface area contributed by atoms with Gasteiger partial charge in [-0.25, -0.2) is 0 Å². The molecule has 1 aromatic carbocycles. The molecular weight excluding hydrogens is 236 g/mol. The zero-order chi connectivity index (χ0) is 13.8. The molecule has 3 heteroatoms. The van der Waals surface area contributed by atoms with Gasteiger partial charge in [-0.2, -0.15) is 0 Å². The molecule has 3 nitrogen and oxygen atoms in total. The van der Waals surface area contributed by atoms with Crippen LogP contribution >= 0.6 is 0 Å². The topological polar surface area (TPSA) is 24.5 Å². The third kappa shape index (κ3) is 3.95. The minimum absolute atomic E-state index is 0.376. The van der Waals surface area contributed by atoms with E-state index in [4.69, 9.17) is 4.74 Å². The largest absolute Gasteiger partial charge is 0.497 e. The smallest absolute Gasteiger partial charge is 0.118 e. The maximum atomic E-state index is 5.18. The predicted octanol–water partition coefficient (Wildman–Crippen LogP) is 2.83. The number of likely N-dealkylation sites (N-methyl/N-ethyl adjacent to an activating group) is 1. The lowest BCUT2D eigenvalue weighted by Gasteiger charge is -2.26. The van der Waals surface area contributed by atoms with E-state index < -0.39 is 0 Å². The van der Waals surface area contributed by atoms with Crippen LogP contribution in [0.2, 0.25) is 0 Å². The van der Waals surface area contributed by atoms with Gasteiger partial charge in [0.05, 0.1) is 7.11 Å². The molecule has 0 saturated heterocycles. The first kappa shape index (κ1) is 14.4. The van der Waals surface area contributed by atoms with Gasteiger partial charge in [-0.05, 0) is 51.4 Å². The fourth-order valence-electron chi connectivity index (χ4n) is 2.34. The highest BCUT2D eigenvalue weighted by atomic mass is 16.5. The summed E-state index contributed by atoms with van der Waals surface area (Å²) in [6.45, 7) is 5.54. The van der Waals surface area contributed by atoms with Gasteiger partial charge in [0.25, 0.3) is 0 Å². The molecule has 1 N–H and O–H groups in total. The molecule has 2 unspecified atom stereocenters. The molecule has 1 aliphatic carbocycles. The fraction of sp³-hybridized carbons (Fsp3) is 0.625. The summed E-state index contributed by atoms with van der Waals surface area (Å²) in [5, 5.41) is 3.62. The number of nitrogens with one attached hydrogen (secondary N) is 1. The summed E-state index contributed by atoms with van der Waals surface area (Å²) in [7, 11) is 3.94. The van der Waals surface area contributed by atoms with Crippen molar-refractivity contribution in [3.8, 4) is 5.75 Å². The van der Waals surface area contributed by atoms with Gasteiger partial charge in [-0.15, -0.1) is 0 Å². The fourth-order valence-corrected chi connectivity index (χ4v) is 2.34. The van der Waals surface area contributed by atoms with E-state index in [1.54, 1.807) is 7.11 Å². The molecule has 1 aliphatic rings. The number of ether oxygens (including phenoxy) is 1. The Morgan fingerprint density at radius 1 is 1.26 bits per heavy atom. The lowest BCUT2D eigenvalue weighted by atomic mass is 10.1. The quantitative estimate of drug-likeness (QED) is 0.818. The zero-order valence-electron chi connectivity index (χ0n) is 12.5. The minimum atomic E-state index is 0.376. The molecule has 106 valence electrons. The highest BCUT2D eigenvalue weighted by Crippen LogP contribution is 2.27. The van der Waals surface area contributed by atoms with Gasteiger partial charge in [-0.3, -0.25) is 4.90 Å². The van der Waals surface area contributed by atoms with Crippen molar-refractivity contribution in [2.75, 3.05) is 20.7 Å². The second-order valence-corrected chi connectivity index (χ2v) is 5.65. The molecule has 0 amide bonds. The maximum Gasteiger partial charge on any atom is 0.118 e. The van der Waals surface area contributed by atoms with Gasteiger partial charge < -0.3 is 10.1 Å². The third-order valence-corrected chi connectivity index (χ3v) is 4.15. The summed E-state index contributed by atoms with van der Waals surface area (Å²) in [5.74, 6) is 0.915. The Hall–Kier alpha value is -1.06. The van der Waals surface area contributed by atoms with Crippen molar-refractivity contribution in [2.24, 2.45) is 0 Å². The first-order chi connectivity index (χ1) is 9.11. The van der Waals surface area contributed by atoms with Crippen LogP contribution in [0.3, 0.4) is 0 Å². The first-order valence-electron chi connectivity index (χ1n) is 7.21. The molecule has 0 bridgehead atoms. The van der Waals surface area contributed by atoms with Crippen molar-refractivity contribution >= 4 is 0 Å². The van der Waals surface area contributed by atoms with Crippen molar-refractivity contribution in [3.05, 3.63) is 29.8 Å². The second-order valence-electron chi connectivity index (χ2n) is 5.65. The number of rotatable bonds is 7. The molecule has 0 heterocycles. The van der Waals surface area contributed by atoms with Gasteiger partial charge >= 0.3 is 0 Å². The maximum absolute atomic E-state index is 5.18. The summed E-state index contributed by atoms with van der Waals surface area (Å²) in [6, 6.07) is 10.1. The van der Waals surface area contributed by atoms with Gasteiger partial charge in [0.2, 0.25) is 0 Å². The summed E-state index contributed by atoms with van der Waals surface area (Å²) in [6.07, 6.45) is 2.74. The Balaban J connectivity index is 1.80. The molecule has 1 fully saturated rings. The van der Waals surface area contributed by atoms with E-state index in [1.165, 1.54) is 18.4 Å². The second kappa shape index (κ2) is 6.40. The molecule has 0 aromatic heterocycles. The van der Waals surface area contributed by atoms with E-state index in [0.717, 1.165) is 18.3 Å². The van der Waals surface area contributed by atoms with Crippen molar-refractivity contribution in [3.63, 3.8) is 0 Å². The van der Waals surface area contributed by atoms with Crippen molar-refractivity contribution in [1.29, 1.82) is 0 Å². The van der Waals surface area contributed by atoms with Crippen LogP contribution in [-0.4, -0.2) is 37.7 Å². The molecule has 0 spiro atoms. The van der Waals surface area contributed by atoms with Crippen LogP contribution in [0.5, 0.6) is 5.75 Å². The Labute approximate surface area is 116 Å². The minimum Gasteiger partial charge on any atom is -0.497 e. The Morgan fingerprint density at radius 3 is 2.42 bits per heavy atom. The lowest BCUT2D eigenvalue weighted by molar-refractivity contribution is 0.237. The molecule has 1 saturated carbocycles. The predicted molar refractivity (Wildman–Crippen MR) is 79.7 cm³/mol. The monoisotopic (exact) mass is 262 g/mol. The number of hydrogen-bond acceptors (Lipinski definition) is 3. The summed E-state index contributed by atoms with van der Waals surface area (Å²) >= 11 is 0. The lowest BCUT2D eigenvalue weighted by Crippen LogP contribution is -2.39. The van der Waals surface area contributed by atoms with Crippen molar-refractivity contribution in [1.82, 2.24) is 10.2 Å². The SMILES string of the molecule is COc1ccc(C(C)NCC(C)N(C)C2CC2)cc1.